The molecule has 0 aromatic heterocycles. The fraction of sp³-hybridized carbons (Fsp3) is 0.480. The number of piperidine rings is 1. The number of rotatable bonds is 8. The van der Waals surface area contributed by atoms with Gasteiger partial charge in [-0.1, -0.05) is 53.5 Å². The van der Waals surface area contributed by atoms with Crippen LogP contribution in [0.25, 0.3) is 0 Å². The number of halogens is 2. The highest BCUT2D eigenvalue weighted by Gasteiger charge is 2.32. The second kappa shape index (κ2) is 12.0. The van der Waals surface area contributed by atoms with E-state index in [2.05, 4.69) is 22.3 Å². The first-order chi connectivity index (χ1) is 16.8. The summed E-state index contributed by atoms with van der Waals surface area (Å²) in [5.41, 5.74) is 2.82. The van der Waals surface area contributed by atoms with Crippen molar-refractivity contribution in [3.05, 3.63) is 69.2 Å². The first-order valence-electron chi connectivity index (χ1n) is 11.9. The maximum atomic E-state index is 13.0. The lowest BCUT2D eigenvalue weighted by atomic mass is 9.98. The van der Waals surface area contributed by atoms with Crippen molar-refractivity contribution in [2.24, 2.45) is 5.92 Å². The number of hydrogen-bond donors (Lipinski definition) is 1. The van der Waals surface area contributed by atoms with E-state index in [9.17, 15) is 13.2 Å². The van der Waals surface area contributed by atoms with E-state index in [1.54, 1.807) is 18.2 Å². The molecule has 0 unspecified atom stereocenters. The number of hydrogen-bond acceptors (Lipinski definition) is 5. The minimum Gasteiger partial charge on any atom is -0.379 e. The average molecular weight is 541 g/mol. The number of carbonyl (C=O) groups is 1. The van der Waals surface area contributed by atoms with Gasteiger partial charge in [0.1, 0.15) is 0 Å². The number of sulfonamides is 1. The fourth-order valence-electron chi connectivity index (χ4n) is 4.45. The molecule has 35 heavy (non-hydrogen) atoms. The van der Waals surface area contributed by atoms with Crippen molar-refractivity contribution in [1.82, 2.24) is 14.5 Å². The molecule has 4 rings (SSSR count). The van der Waals surface area contributed by atoms with Gasteiger partial charge in [-0.05, 0) is 41.7 Å². The van der Waals surface area contributed by atoms with Gasteiger partial charge < -0.3 is 10.1 Å². The quantitative estimate of drug-likeness (QED) is 0.553. The molecule has 0 saturated carbocycles. The van der Waals surface area contributed by atoms with E-state index < -0.39 is 10.0 Å². The Morgan fingerprint density at radius 2 is 1.66 bits per heavy atom. The number of carbonyl (C=O) groups excluding carboxylic acids is 1. The van der Waals surface area contributed by atoms with E-state index in [4.69, 9.17) is 27.9 Å². The molecule has 190 valence electrons. The Kier molecular flexibility index (Phi) is 9.07. The van der Waals surface area contributed by atoms with Crippen molar-refractivity contribution >= 4 is 39.1 Å². The van der Waals surface area contributed by atoms with Gasteiger partial charge >= 0.3 is 0 Å². The van der Waals surface area contributed by atoms with Crippen LogP contribution in [0, 0.1) is 5.92 Å². The molecule has 2 aromatic rings. The largest absolute Gasteiger partial charge is 0.379 e. The predicted octanol–water partition coefficient (Wildman–Crippen LogP) is 3.68. The summed E-state index contributed by atoms with van der Waals surface area (Å²) >= 11 is 12.0. The van der Waals surface area contributed by atoms with E-state index >= 15 is 0 Å². The van der Waals surface area contributed by atoms with E-state index in [1.165, 1.54) is 9.87 Å². The molecule has 1 amide bonds. The number of nitrogens with one attached hydrogen (secondary N) is 1. The molecular formula is C25H31Cl2N3O4S. The minimum absolute atomic E-state index is 0.114. The zero-order valence-corrected chi connectivity index (χ0v) is 21.9. The standard InChI is InChI=1S/C25H31Cl2N3O4S/c26-23-8-7-21(14-24(23)27)18-35(32,33)30-9-1-2-22(17-30)25(31)28-15-19-3-5-20(6-4-19)16-29-10-12-34-13-11-29/h3-8,14,22H,1-2,9-13,15-18H2,(H,28,31)/t22-/m0/s1. The van der Waals surface area contributed by atoms with E-state index in [-0.39, 0.29) is 24.1 Å². The molecule has 2 aliphatic rings. The highest BCUT2D eigenvalue weighted by atomic mass is 35.5. The zero-order chi connectivity index (χ0) is 24.8. The topological polar surface area (TPSA) is 79.0 Å². The van der Waals surface area contributed by atoms with Gasteiger partial charge in [-0.2, -0.15) is 0 Å². The summed E-state index contributed by atoms with van der Waals surface area (Å²) in [5, 5.41) is 3.69. The Balaban J connectivity index is 1.28. The Bertz CT molecular complexity index is 1120. The van der Waals surface area contributed by atoms with Gasteiger partial charge in [0, 0.05) is 39.3 Å². The van der Waals surface area contributed by atoms with Crippen LogP contribution >= 0.6 is 23.2 Å². The van der Waals surface area contributed by atoms with E-state index in [0.717, 1.165) is 38.4 Å². The SMILES string of the molecule is O=C(NCc1ccc(CN2CCOCC2)cc1)[C@H]1CCCN(S(=O)(=O)Cc2ccc(Cl)c(Cl)c2)C1. The average Bonchev–Trinajstić information content (AvgIpc) is 2.86. The smallest absolute Gasteiger partial charge is 0.224 e. The predicted molar refractivity (Wildman–Crippen MR) is 138 cm³/mol. The van der Waals surface area contributed by atoms with Crippen LogP contribution in [0.1, 0.15) is 29.5 Å². The third-order valence-corrected chi connectivity index (χ3v) is 9.04. The summed E-state index contributed by atoms with van der Waals surface area (Å²) in [4.78, 5) is 15.2. The maximum absolute atomic E-state index is 13.0. The van der Waals surface area contributed by atoms with Gasteiger partial charge in [0.15, 0.2) is 0 Å². The molecule has 1 atom stereocenters. The molecule has 2 aromatic carbocycles. The first-order valence-corrected chi connectivity index (χ1v) is 14.2. The number of morpholine rings is 1. The Morgan fingerprint density at radius 3 is 2.37 bits per heavy atom. The molecule has 10 heteroatoms. The highest BCUT2D eigenvalue weighted by Crippen LogP contribution is 2.26. The lowest BCUT2D eigenvalue weighted by molar-refractivity contribution is -0.126. The van der Waals surface area contributed by atoms with Crippen molar-refractivity contribution in [3.63, 3.8) is 0 Å². The van der Waals surface area contributed by atoms with Crippen LogP contribution in [0.2, 0.25) is 10.0 Å². The molecule has 7 nitrogen and oxygen atoms in total. The molecule has 0 spiro atoms. The molecular weight excluding hydrogens is 509 g/mol. The molecule has 2 fully saturated rings. The Labute approximate surface area is 217 Å². The fourth-order valence-corrected chi connectivity index (χ4v) is 6.37. The first kappa shape index (κ1) is 26.4. The summed E-state index contributed by atoms with van der Waals surface area (Å²) in [5.74, 6) is -0.653. The van der Waals surface area contributed by atoms with Gasteiger partial charge in [0.2, 0.25) is 15.9 Å². The van der Waals surface area contributed by atoms with Crippen LogP contribution < -0.4 is 5.32 Å². The van der Waals surface area contributed by atoms with Crippen LogP contribution in [0.15, 0.2) is 42.5 Å². The molecule has 0 radical (unpaired) electrons. The van der Waals surface area contributed by atoms with E-state index in [0.29, 0.717) is 41.5 Å². The van der Waals surface area contributed by atoms with Gasteiger partial charge in [-0.25, -0.2) is 12.7 Å². The Morgan fingerprint density at radius 1 is 0.971 bits per heavy atom. The zero-order valence-electron chi connectivity index (χ0n) is 19.6. The molecule has 2 heterocycles. The summed E-state index contributed by atoms with van der Waals surface area (Å²) in [6.07, 6.45) is 1.32. The third-order valence-electron chi connectivity index (χ3n) is 6.48. The number of ether oxygens (including phenoxy) is 1. The van der Waals surface area contributed by atoms with E-state index in [1.807, 2.05) is 12.1 Å². The summed E-state index contributed by atoms with van der Waals surface area (Å²) in [6, 6.07) is 13.1. The summed E-state index contributed by atoms with van der Waals surface area (Å²) in [6.45, 7) is 5.36. The van der Waals surface area contributed by atoms with Crippen molar-refractivity contribution in [3.8, 4) is 0 Å². The second-order valence-electron chi connectivity index (χ2n) is 9.12. The summed E-state index contributed by atoms with van der Waals surface area (Å²) < 4.78 is 32.8. The van der Waals surface area contributed by atoms with Gasteiger partial charge in [0.25, 0.3) is 0 Å². The van der Waals surface area contributed by atoms with Crippen LogP contribution in [-0.2, 0) is 38.4 Å². The third kappa shape index (κ3) is 7.41. The van der Waals surface area contributed by atoms with Crippen LogP contribution in [-0.4, -0.2) is 62.9 Å². The number of benzene rings is 2. The minimum atomic E-state index is -3.58. The molecule has 2 aliphatic heterocycles. The van der Waals surface area contributed by atoms with Crippen molar-refractivity contribution in [2.45, 2.75) is 31.7 Å². The highest BCUT2D eigenvalue weighted by molar-refractivity contribution is 7.88. The van der Waals surface area contributed by atoms with Crippen LogP contribution in [0.3, 0.4) is 0 Å². The molecule has 0 aliphatic carbocycles. The van der Waals surface area contributed by atoms with Crippen molar-refractivity contribution in [1.29, 1.82) is 0 Å². The molecule has 0 bridgehead atoms. The van der Waals surface area contributed by atoms with Crippen LogP contribution in [0.5, 0.6) is 0 Å². The lowest BCUT2D eigenvalue weighted by Gasteiger charge is -2.31. The molecule has 1 N–H and O–H groups in total. The van der Waals surface area contributed by atoms with Gasteiger partial charge in [-0.15, -0.1) is 0 Å². The Hall–Kier alpha value is -1.68. The second-order valence-corrected chi connectivity index (χ2v) is 11.9. The van der Waals surface area contributed by atoms with Gasteiger partial charge in [-0.3, -0.25) is 9.69 Å². The number of amides is 1. The van der Waals surface area contributed by atoms with Gasteiger partial charge in [0.05, 0.1) is 34.9 Å². The molecule has 2 saturated heterocycles. The monoisotopic (exact) mass is 539 g/mol. The normalized spacial score (nSPS) is 20.0. The number of nitrogens with zero attached hydrogens (tertiary/aromatic N) is 2. The summed E-state index contributed by atoms with van der Waals surface area (Å²) in [7, 11) is -3.58. The van der Waals surface area contributed by atoms with Crippen molar-refractivity contribution in [2.75, 3.05) is 39.4 Å². The van der Waals surface area contributed by atoms with Crippen molar-refractivity contribution < 1.29 is 17.9 Å². The maximum Gasteiger partial charge on any atom is 0.224 e. The lowest BCUT2D eigenvalue weighted by Crippen LogP contribution is -2.45. The van der Waals surface area contributed by atoms with Crippen LogP contribution in [0.4, 0.5) is 0 Å².